The SMILES string of the molecule is COc1ccc2c(O[C@@H]3CCN(C(=O)[C@H](CC4CCCCC4)NC(=O)OC(C)(C)C)C3)cc(-c3ccccc3)nc2c1. The fraction of sp³-hybridized carbons (Fsp3) is 0.500. The van der Waals surface area contributed by atoms with E-state index in [-0.39, 0.29) is 12.0 Å². The van der Waals surface area contributed by atoms with Gasteiger partial charge in [0.15, 0.2) is 0 Å². The number of benzene rings is 2. The molecule has 2 aliphatic rings. The third-order valence-corrected chi connectivity index (χ3v) is 8.08. The Hall–Kier alpha value is -3.81. The van der Waals surface area contributed by atoms with Gasteiger partial charge in [0.25, 0.3) is 0 Å². The van der Waals surface area contributed by atoms with Crippen molar-refractivity contribution >= 4 is 22.9 Å². The van der Waals surface area contributed by atoms with E-state index in [1.54, 1.807) is 7.11 Å². The molecule has 0 radical (unpaired) electrons. The highest BCUT2D eigenvalue weighted by Gasteiger charge is 2.35. The third-order valence-electron chi connectivity index (χ3n) is 8.08. The maximum Gasteiger partial charge on any atom is 0.408 e. The van der Waals surface area contributed by atoms with Crippen LogP contribution in [0.4, 0.5) is 4.79 Å². The number of likely N-dealkylation sites (tertiary alicyclic amines) is 1. The van der Waals surface area contributed by atoms with E-state index < -0.39 is 17.7 Å². The zero-order valence-electron chi connectivity index (χ0n) is 25.2. The lowest BCUT2D eigenvalue weighted by molar-refractivity contribution is -0.133. The minimum absolute atomic E-state index is 0.0631. The van der Waals surface area contributed by atoms with Gasteiger partial charge in [-0.25, -0.2) is 9.78 Å². The van der Waals surface area contributed by atoms with Crippen molar-refractivity contribution < 1.29 is 23.8 Å². The summed E-state index contributed by atoms with van der Waals surface area (Å²) in [6.45, 7) is 6.51. The maximum absolute atomic E-state index is 13.8. The molecule has 42 heavy (non-hydrogen) atoms. The van der Waals surface area contributed by atoms with E-state index in [9.17, 15) is 9.59 Å². The van der Waals surface area contributed by atoms with E-state index in [1.807, 2.05) is 80.3 Å². The number of nitrogens with zero attached hydrogens (tertiary/aromatic N) is 2. The average molecular weight is 574 g/mol. The second-order valence-corrected chi connectivity index (χ2v) is 12.5. The van der Waals surface area contributed by atoms with E-state index >= 15 is 0 Å². The van der Waals surface area contributed by atoms with Crippen molar-refractivity contribution in [2.45, 2.75) is 83.5 Å². The molecule has 5 rings (SSSR count). The van der Waals surface area contributed by atoms with Gasteiger partial charge in [-0.2, -0.15) is 0 Å². The van der Waals surface area contributed by atoms with Crippen molar-refractivity contribution in [1.29, 1.82) is 0 Å². The first-order chi connectivity index (χ1) is 20.2. The fourth-order valence-electron chi connectivity index (χ4n) is 6.01. The molecule has 2 fully saturated rings. The smallest absolute Gasteiger partial charge is 0.408 e. The van der Waals surface area contributed by atoms with Crippen molar-refractivity contribution in [3.05, 3.63) is 54.6 Å². The number of carbonyl (C=O) groups is 2. The van der Waals surface area contributed by atoms with Gasteiger partial charge in [-0.1, -0.05) is 62.4 Å². The van der Waals surface area contributed by atoms with Crippen LogP contribution in [0.5, 0.6) is 11.5 Å². The average Bonchev–Trinajstić information content (AvgIpc) is 3.44. The van der Waals surface area contributed by atoms with Crippen molar-refractivity contribution in [2.75, 3.05) is 20.2 Å². The highest BCUT2D eigenvalue weighted by Crippen LogP contribution is 2.34. The number of methoxy groups -OCH3 is 1. The summed E-state index contributed by atoms with van der Waals surface area (Å²) in [6.07, 6.45) is 6.39. The standard InChI is InChI=1S/C34H43N3O5/c1-34(2,3)42-33(39)36-30(19-23-11-7-5-8-12-23)32(38)37-18-17-26(22-37)41-31-21-28(24-13-9-6-10-14-24)35-29-20-25(40-4)15-16-27(29)31/h6,9-10,13-16,20-21,23,26,30H,5,7-8,11-12,17-19,22H2,1-4H3,(H,36,39)/t26-,30+/m1/s1. The Morgan fingerprint density at radius 3 is 2.50 bits per heavy atom. The van der Waals surface area contributed by atoms with Crippen LogP contribution in [0, 0.1) is 5.92 Å². The van der Waals surface area contributed by atoms with E-state index in [1.165, 1.54) is 19.3 Å². The minimum Gasteiger partial charge on any atom is -0.497 e. The number of nitrogens with one attached hydrogen (secondary N) is 1. The van der Waals surface area contributed by atoms with E-state index in [4.69, 9.17) is 19.2 Å². The molecule has 1 saturated heterocycles. The zero-order chi connectivity index (χ0) is 29.7. The topological polar surface area (TPSA) is 90.0 Å². The van der Waals surface area contributed by atoms with E-state index in [0.29, 0.717) is 31.8 Å². The van der Waals surface area contributed by atoms with Crippen molar-refractivity contribution in [2.24, 2.45) is 5.92 Å². The molecule has 1 aromatic heterocycles. The third kappa shape index (κ3) is 7.52. The van der Waals surface area contributed by atoms with Crippen LogP contribution in [0.2, 0.25) is 0 Å². The molecule has 8 nitrogen and oxygen atoms in total. The Bertz CT molecular complexity index is 1380. The lowest BCUT2D eigenvalue weighted by Gasteiger charge is -2.30. The molecule has 2 heterocycles. The van der Waals surface area contributed by atoms with Gasteiger partial charge in [0.2, 0.25) is 5.91 Å². The van der Waals surface area contributed by atoms with Gasteiger partial charge in [-0.3, -0.25) is 4.79 Å². The van der Waals surface area contributed by atoms with Gasteiger partial charge in [-0.05, 0) is 45.2 Å². The highest BCUT2D eigenvalue weighted by molar-refractivity contribution is 5.89. The Morgan fingerprint density at radius 1 is 1.02 bits per heavy atom. The number of hydrogen-bond donors (Lipinski definition) is 1. The summed E-state index contributed by atoms with van der Waals surface area (Å²) in [5, 5.41) is 3.80. The summed E-state index contributed by atoms with van der Waals surface area (Å²) in [7, 11) is 1.64. The number of fused-ring (bicyclic) bond motifs is 1. The first kappa shape index (κ1) is 29.7. The fourth-order valence-corrected chi connectivity index (χ4v) is 6.01. The van der Waals surface area contributed by atoms with Gasteiger partial charge >= 0.3 is 6.09 Å². The second kappa shape index (κ2) is 13.0. The van der Waals surface area contributed by atoms with Crippen LogP contribution in [-0.2, 0) is 9.53 Å². The molecular weight excluding hydrogens is 530 g/mol. The van der Waals surface area contributed by atoms with Crippen LogP contribution >= 0.6 is 0 Å². The monoisotopic (exact) mass is 573 g/mol. The maximum atomic E-state index is 13.8. The molecule has 2 amide bonds. The molecule has 0 spiro atoms. The van der Waals surface area contributed by atoms with Crippen LogP contribution in [0.25, 0.3) is 22.2 Å². The van der Waals surface area contributed by atoms with Crippen molar-refractivity contribution in [3.63, 3.8) is 0 Å². The lowest BCUT2D eigenvalue weighted by atomic mass is 9.84. The lowest BCUT2D eigenvalue weighted by Crippen LogP contribution is -2.50. The predicted octanol–water partition coefficient (Wildman–Crippen LogP) is 6.75. The molecule has 1 saturated carbocycles. The number of rotatable bonds is 8. The molecule has 2 aromatic carbocycles. The number of amides is 2. The molecule has 1 aliphatic carbocycles. The second-order valence-electron chi connectivity index (χ2n) is 12.5. The van der Waals surface area contributed by atoms with Gasteiger partial charge in [0.1, 0.15) is 29.2 Å². The number of alkyl carbamates (subject to hydrolysis) is 1. The van der Waals surface area contributed by atoms with E-state index in [2.05, 4.69) is 5.32 Å². The van der Waals surface area contributed by atoms with Crippen LogP contribution in [0.15, 0.2) is 54.6 Å². The van der Waals surface area contributed by atoms with Gasteiger partial charge < -0.3 is 24.4 Å². The largest absolute Gasteiger partial charge is 0.497 e. The van der Waals surface area contributed by atoms with Crippen LogP contribution in [-0.4, -0.2) is 59.8 Å². The molecule has 1 aliphatic heterocycles. The van der Waals surface area contributed by atoms with Gasteiger partial charge in [0, 0.05) is 36.0 Å². The van der Waals surface area contributed by atoms with Gasteiger partial charge in [0.05, 0.1) is 24.9 Å². The first-order valence-electron chi connectivity index (χ1n) is 15.2. The molecule has 0 unspecified atom stereocenters. The predicted molar refractivity (Wildman–Crippen MR) is 164 cm³/mol. The molecular formula is C34H43N3O5. The molecule has 1 N–H and O–H groups in total. The Balaban J connectivity index is 1.33. The first-order valence-corrected chi connectivity index (χ1v) is 15.2. The number of carbonyl (C=O) groups excluding carboxylic acids is 2. The number of pyridine rings is 1. The molecule has 224 valence electrons. The zero-order valence-corrected chi connectivity index (χ0v) is 25.2. The summed E-state index contributed by atoms with van der Waals surface area (Å²) in [4.78, 5) is 33.2. The number of ether oxygens (including phenoxy) is 3. The minimum atomic E-state index is -0.634. The van der Waals surface area contributed by atoms with Crippen LogP contribution in [0.3, 0.4) is 0 Å². The van der Waals surface area contributed by atoms with E-state index in [0.717, 1.165) is 46.5 Å². The Kier molecular flexibility index (Phi) is 9.19. The summed E-state index contributed by atoms with van der Waals surface area (Å²) in [6, 6.07) is 17.2. The molecule has 3 aromatic rings. The number of aromatic nitrogens is 1. The Morgan fingerprint density at radius 2 is 1.79 bits per heavy atom. The summed E-state index contributed by atoms with van der Waals surface area (Å²) in [5.74, 6) is 1.82. The summed E-state index contributed by atoms with van der Waals surface area (Å²) < 4.78 is 17.6. The summed E-state index contributed by atoms with van der Waals surface area (Å²) >= 11 is 0. The summed E-state index contributed by atoms with van der Waals surface area (Å²) in [5.41, 5.74) is 1.96. The van der Waals surface area contributed by atoms with Crippen molar-refractivity contribution in [3.8, 4) is 22.8 Å². The van der Waals surface area contributed by atoms with Crippen molar-refractivity contribution in [1.82, 2.24) is 15.2 Å². The highest BCUT2D eigenvalue weighted by atomic mass is 16.6. The molecule has 8 heteroatoms. The quantitative estimate of drug-likeness (QED) is 0.321. The molecule has 0 bridgehead atoms. The van der Waals surface area contributed by atoms with Crippen LogP contribution < -0.4 is 14.8 Å². The number of hydrogen-bond acceptors (Lipinski definition) is 6. The van der Waals surface area contributed by atoms with Crippen LogP contribution in [0.1, 0.15) is 65.7 Å². The Labute approximate surface area is 248 Å². The normalized spacial score (nSPS) is 18.5. The molecule has 2 atom stereocenters. The van der Waals surface area contributed by atoms with Gasteiger partial charge in [-0.15, -0.1) is 0 Å².